The number of hydrogen-bond donors (Lipinski definition) is 4. The number of para-hydroxylation sites is 2. The summed E-state index contributed by atoms with van der Waals surface area (Å²) in [5, 5.41) is 10.2. The van der Waals surface area contributed by atoms with Gasteiger partial charge in [0.1, 0.15) is 0 Å². The van der Waals surface area contributed by atoms with Gasteiger partial charge in [0.05, 0.1) is 11.4 Å². The second-order valence-electron chi connectivity index (χ2n) is 11.1. The van der Waals surface area contributed by atoms with Crippen molar-refractivity contribution >= 4 is 51.1 Å². The lowest BCUT2D eigenvalue weighted by Crippen LogP contribution is -2.19. The standard InChI is InChI=1S/C19H18N2O2S.C18H24N2/c1-15-7-11-18(12-8-15)21(24(22)23)19-13-9-17(10-14-19)20-16-5-3-2-4-6-16;1-14(2)13-15(3)19-17-9-11-18(12-10-17)20-16-7-5-4-6-8-16/h2-14,20H,1H3,(H,22,23);4-12,14-15,19-20H,13H2,1-3H3. The largest absolute Gasteiger partial charge is 0.383 e. The fourth-order valence-corrected chi connectivity index (χ4v) is 5.37. The van der Waals surface area contributed by atoms with Gasteiger partial charge in [-0.1, -0.05) is 67.9 Å². The van der Waals surface area contributed by atoms with Crippen LogP contribution in [-0.2, 0) is 11.3 Å². The topological polar surface area (TPSA) is 76.6 Å². The molecule has 0 aliphatic heterocycles. The summed E-state index contributed by atoms with van der Waals surface area (Å²) in [5.74, 6) is 0.719. The van der Waals surface area contributed by atoms with E-state index in [1.807, 2.05) is 104 Å². The molecule has 5 aromatic rings. The molecule has 0 bridgehead atoms. The van der Waals surface area contributed by atoms with Gasteiger partial charge in [-0.25, -0.2) is 8.51 Å². The molecule has 0 amide bonds. The minimum Gasteiger partial charge on any atom is -0.383 e. The first-order valence-corrected chi connectivity index (χ1v) is 15.9. The molecular formula is C37H42N4O2S. The maximum atomic E-state index is 11.8. The molecule has 2 atom stereocenters. The Morgan fingerprint density at radius 3 is 1.41 bits per heavy atom. The molecule has 5 aromatic carbocycles. The van der Waals surface area contributed by atoms with Gasteiger partial charge in [0.15, 0.2) is 0 Å². The van der Waals surface area contributed by atoms with E-state index in [2.05, 4.69) is 73.1 Å². The Balaban J connectivity index is 0.000000204. The maximum Gasteiger partial charge on any atom is 0.266 e. The minimum atomic E-state index is -2.14. The fraction of sp³-hybridized carbons (Fsp3) is 0.189. The van der Waals surface area contributed by atoms with E-state index in [0.29, 0.717) is 17.4 Å². The Kier molecular flexibility index (Phi) is 12.0. The van der Waals surface area contributed by atoms with Crippen molar-refractivity contribution in [2.45, 2.75) is 40.2 Å². The zero-order chi connectivity index (χ0) is 31.3. The number of benzene rings is 5. The molecule has 5 rings (SSSR count). The molecule has 0 saturated heterocycles. The van der Waals surface area contributed by atoms with Crippen LogP contribution in [0.3, 0.4) is 0 Å². The number of rotatable bonds is 11. The van der Waals surface area contributed by atoms with E-state index >= 15 is 0 Å². The van der Waals surface area contributed by atoms with Crippen molar-refractivity contribution in [2.24, 2.45) is 5.92 Å². The Bertz CT molecular complexity index is 1560. The van der Waals surface area contributed by atoms with Crippen LogP contribution in [0, 0.1) is 12.8 Å². The summed E-state index contributed by atoms with van der Waals surface area (Å²) in [6.45, 7) is 8.72. The molecule has 2 unspecified atom stereocenters. The Morgan fingerprint density at radius 2 is 0.977 bits per heavy atom. The fourth-order valence-electron chi connectivity index (χ4n) is 4.77. The van der Waals surface area contributed by atoms with Crippen LogP contribution < -0.4 is 20.3 Å². The van der Waals surface area contributed by atoms with Crippen molar-refractivity contribution in [3.05, 3.63) is 139 Å². The number of nitrogens with zero attached hydrogens (tertiary/aromatic N) is 1. The van der Waals surface area contributed by atoms with Gasteiger partial charge in [-0.15, -0.1) is 0 Å². The second-order valence-corrected chi connectivity index (χ2v) is 12.0. The van der Waals surface area contributed by atoms with Gasteiger partial charge >= 0.3 is 0 Å². The van der Waals surface area contributed by atoms with E-state index in [0.717, 1.165) is 34.2 Å². The van der Waals surface area contributed by atoms with E-state index in [1.54, 1.807) is 0 Å². The van der Waals surface area contributed by atoms with E-state index in [1.165, 1.54) is 16.4 Å². The molecule has 0 aromatic heterocycles. The normalized spacial score (nSPS) is 12.0. The predicted molar refractivity (Wildman–Crippen MR) is 189 cm³/mol. The van der Waals surface area contributed by atoms with Gasteiger partial charge in [-0.05, 0) is 111 Å². The van der Waals surface area contributed by atoms with Gasteiger partial charge in [-0.3, -0.25) is 4.55 Å². The maximum absolute atomic E-state index is 11.8. The first-order valence-electron chi connectivity index (χ1n) is 14.9. The monoisotopic (exact) mass is 606 g/mol. The summed E-state index contributed by atoms with van der Waals surface area (Å²) >= 11 is -2.14. The molecule has 0 radical (unpaired) electrons. The smallest absolute Gasteiger partial charge is 0.266 e. The Morgan fingerprint density at radius 1 is 0.591 bits per heavy atom. The third-order valence-electron chi connectivity index (χ3n) is 6.77. The van der Waals surface area contributed by atoms with E-state index in [4.69, 9.17) is 0 Å². The summed E-state index contributed by atoms with van der Waals surface area (Å²) < 4.78 is 22.8. The molecule has 228 valence electrons. The van der Waals surface area contributed by atoms with E-state index < -0.39 is 11.3 Å². The third-order valence-corrected chi connectivity index (χ3v) is 7.51. The number of aryl methyl sites for hydroxylation is 1. The van der Waals surface area contributed by atoms with Crippen LogP contribution in [0.15, 0.2) is 133 Å². The van der Waals surface area contributed by atoms with Crippen LogP contribution in [0.4, 0.5) is 39.8 Å². The molecular weight excluding hydrogens is 565 g/mol. The number of hydrogen-bond acceptors (Lipinski definition) is 4. The highest BCUT2D eigenvalue weighted by Gasteiger charge is 2.15. The number of anilines is 7. The van der Waals surface area contributed by atoms with E-state index in [9.17, 15) is 8.76 Å². The molecule has 0 heterocycles. The zero-order valence-electron chi connectivity index (χ0n) is 25.8. The van der Waals surface area contributed by atoms with Crippen LogP contribution >= 0.6 is 0 Å². The summed E-state index contributed by atoms with van der Waals surface area (Å²) in [6.07, 6.45) is 1.18. The SMILES string of the molecule is CC(C)CC(C)Nc1ccc(Nc2ccccc2)cc1.Cc1ccc(N(c2ccc(Nc3ccccc3)cc2)S(=O)O)cc1. The average molecular weight is 607 g/mol. The Hall–Kier alpha value is -4.59. The molecule has 4 N–H and O–H groups in total. The van der Waals surface area contributed by atoms with Gasteiger partial charge in [0, 0.05) is 34.5 Å². The van der Waals surface area contributed by atoms with Gasteiger partial charge in [0.2, 0.25) is 0 Å². The average Bonchev–Trinajstić information content (AvgIpc) is 3.01. The third kappa shape index (κ3) is 10.3. The van der Waals surface area contributed by atoms with Crippen molar-refractivity contribution in [1.29, 1.82) is 0 Å². The van der Waals surface area contributed by atoms with Gasteiger partial charge in [0.25, 0.3) is 11.3 Å². The second kappa shape index (κ2) is 16.3. The lowest BCUT2D eigenvalue weighted by molar-refractivity contribution is 0.540. The predicted octanol–water partition coefficient (Wildman–Crippen LogP) is 10.3. The summed E-state index contributed by atoms with van der Waals surface area (Å²) in [4.78, 5) is 0. The Labute approximate surface area is 264 Å². The van der Waals surface area contributed by atoms with Crippen molar-refractivity contribution < 1.29 is 8.76 Å². The molecule has 0 saturated carbocycles. The van der Waals surface area contributed by atoms with Crippen LogP contribution in [0.2, 0.25) is 0 Å². The van der Waals surface area contributed by atoms with Gasteiger partial charge < -0.3 is 16.0 Å². The summed E-state index contributed by atoms with van der Waals surface area (Å²) in [6, 6.07) is 44.0. The molecule has 0 spiro atoms. The molecule has 44 heavy (non-hydrogen) atoms. The van der Waals surface area contributed by atoms with E-state index in [-0.39, 0.29) is 0 Å². The van der Waals surface area contributed by atoms with Gasteiger partial charge in [-0.2, -0.15) is 0 Å². The molecule has 7 heteroatoms. The van der Waals surface area contributed by atoms with Crippen LogP contribution in [0.5, 0.6) is 0 Å². The summed E-state index contributed by atoms with van der Waals surface area (Å²) in [7, 11) is 0. The van der Waals surface area contributed by atoms with Crippen molar-refractivity contribution in [3.63, 3.8) is 0 Å². The highest BCUT2D eigenvalue weighted by molar-refractivity contribution is 7.81. The number of nitrogens with one attached hydrogen (secondary N) is 3. The lowest BCUT2D eigenvalue weighted by atomic mass is 10.1. The van der Waals surface area contributed by atoms with Crippen LogP contribution in [0.1, 0.15) is 32.8 Å². The van der Waals surface area contributed by atoms with Crippen molar-refractivity contribution in [2.75, 3.05) is 20.3 Å². The van der Waals surface area contributed by atoms with Crippen molar-refractivity contribution in [3.8, 4) is 0 Å². The van der Waals surface area contributed by atoms with Crippen molar-refractivity contribution in [1.82, 2.24) is 0 Å². The van der Waals surface area contributed by atoms with Crippen LogP contribution in [-0.4, -0.2) is 14.8 Å². The van der Waals surface area contributed by atoms with Crippen LogP contribution in [0.25, 0.3) is 0 Å². The molecule has 0 aliphatic rings. The minimum absolute atomic E-state index is 0.503. The molecule has 6 nitrogen and oxygen atoms in total. The first-order chi connectivity index (χ1) is 21.3. The highest BCUT2D eigenvalue weighted by Crippen LogP contribution is 2.29. The highest BCUT2D eigenvalue weighted by atomic mass is 32.2. The first kappa shape index (κ1) is 32.3. The molecule has 0 aliphatic carbocycles. The quantitative estimate of drug-likeness (QED) is 0.113. The lowest BCUT2D eigenvalue weighted by Gasteiger charge is -2.20. The summed E-state index contributed by atoms with van der Waals surface area (Å²) in [5.41, 5.74) is 7.73. The molecule has 0 fully saturated rings. The zero-order valence-corrected chi connectivity index (χ0v) is 26.6.